The third-order valence-corrected chi connectivity index (χ3v) is 9.73. The second-order valence-electron chi connectivity index (χ2n) is 9.11. The van der Waals surface area contributed by atoms with Crippen molar-refractivity contribution in [3.63, 3.8) is 0 Å². The second-order valence-corrected chi connectivity index (χ2v) is 17.4. The Morgan fingerprint density at radius 3 is 2.55 bits per heavy atom. The van der Waals surface area contributed by atoms with Crippen molar-refractivity contribution in [2.24, 2.45) is 0 Å². The zero-order chi connectivity index (χ0) is 23.6. The van der Waals surface area contributed by atoms with E-state index in [-0.39, 0.29) is 19.7 Å². The molecule has 3 aromatic rings. The quantitative estimate of drug-likeness (QED) is 0.421. The lowest BCUT2D eigenvalue weighted by Gasteiger charge is -2.24. The number of ether oxygens (including phenoxy) is 1. The number of benzene rings is 2. The predicted molar refractivity (Wildman–Crippen MR) is 134 cm³/mol. The average molecular weight is 502 g/mol. The number of nitrogens with zero attached hydrogens (tertiary/aromatic N) is 3. The summed E-state index contributed by atoms with van der Waals surface area (Å²) in [5, 5.41) is 0. The molecule has 1 amide bonds. The van der Waals surface area contributed by atoms with Crippen LogP contribution in [-0.4, -0.2) is 44.8 Å². The first-order chi connectivity index (χ1) is 15.6. The molecule has 1 aliphatic heterocycles. The van der Waals surface area contributed by atoms with E-state index in [1.165, 1.54) is 11.3 Å². The number of carbonyl (C=O) groups excluding carboxylic acids is 1. The minimum atomic E-state index is -3.98. The van der Waals surface area contributed by atoms with E-state index >= 15 is 0 Å². The molecule has 0 N–H and O–H groups in total. The molecule has 174 valence electrons. The van der Waals surface area contributed by atoms with Gasteiger partial charge in [-0.2, -0.15) is 8.42 Å². The smallest absolute Gasteiger partial charge is 0.329 e. The summed E-state index contributed by atoms with van der Waals surface area (Å²) in [6, 6.07) is 15.7. The maximum Gasteiger partial charge on any atom is 0.329 e. The van der Waals surface area contributed by atoms with Crippen LogP contribution < -0.4 is 9.04 Å². The molecule has 1 fully saturated rings. The SMILES string of the molecule is C[Si](C)(C)CCN1C(=O)CN(c2ccc(-c3cncs3)cc2OCc2ccccc2)S1(=O)=O. The van der Waals surface area contributed by atoms with Crippen molar-refractivity contribution in [2.45, 2.75) is 32.3 Å². The molecule has 33 heavy (non-hydrogen) atoms. The van der Waals surface area contributed by atoms with E-state index in [0.29, 0.717) is 17.5 Å². The minimum absolute atomic E-state index is 0.215. The van der Waals surface area contributed by atoms with Gasteiger partial charge in [0.2, 0.25) is 0 Å². The van der Waals surface area contributed by atoms with E-state index in [1.54, 1.807) is 17.8 Å². The zero-order valence-corrected chi connectivity index (χ0v) is 21.5. The first-order valence-corrected chi connectivity index (χ1v) is 16.7. The molecule has 0 atom stereocenters. The van der Waals surface area contributed by atoms with Crippen LogP contribution in [0, 0.1) is 0 Å². The largest absolute Gasteiger partial charge is 0.487 e. The Morgan fingerprint density at radius 1 is 1.12 bits per heavy atom. The van der Waals surface area contributed by atoms with Crippen molar-refractivity contribution in [1.82, 2.24) is 9.29 Å². The van der Waals surface area contributed by atoms with Gasteiger partial charge in [0.05, 0.1) is 16.1 Å². The van der Waals surface area contributed by atoms with E-state index in [2.05, 4.69) is 24.6 Å². The van der Waals surface area contributed by atoms with Crippen LogP contribution in [0.5, 0.6) is 5.75 Å². The Balaban J connectivity index is 1.67. The van der Waals surface area contributed by atoms with Crippen molar-refractivity contribution in [3.05, 3.63) is 65.8 Å². The second kappa shape index (κ2) is 9.28. The Hall–Kier alpha value is -2.69. The van der Waals surface area contributed by atoms with Crippen LogP contribution in [0.2, 0.25) is 25.7 Å². The molecule has 2 heterocycles. The molecule has 0 bridgehead atoms. The molecule has 0 spiro atoms. The van der Waals surface area contributed by atoms with Crippen LogP contribution in [0.4, 0.5) is 5.69 Å². The summed E-state index contributed by atoms with van der Waals surface area (Å²) in [6.45, 7) is 6.74. The number of hydrogen-bond acceptors (Lipinski definition) is 6. The summed E-state index contributed by atoms with van der Waals surface area (Å²) in [6.07, 6.45) is 1.76. The highest BCUT2D eigenvalue weighted by Gasteiger charge is 2.43. The van der Waals surface area contributed by atoms with E-state index in [9.17, 15) is 13.2 Å². The molecule has 0 unspecified atom stereocenters. The molecular weight excluding hydrogens is 474 g/mol. The van der Waals surface area contributed by atoms with Crippen molar-refractivity contribution in [3.8, 4) is 16.2 Å². The molecule has 7 nitrogen and oxygen atoms in total. The Kier molecular flexibility index (Phi) is 6.60. The molecule has 1 saturated heterocycles. The van der Waals surface area contributed by atoms with Crippen LogP contribution in [0.1, 0.15) is 5.56 Å². The fourth-order valence-corrected chi connectivity index (χ4v) is 6.72. The van der Waals surface area contributed by atoms with Gasteiger partial charge >= 0.3 is 10.2 Å². The standard InChI is InChI=1S/C23H27N3O4S2Si/c1-33(2,3)12-11-25-23(27)15-26(32(25,28)29)20-10-9-19(22-14-24-17-31-22)13-21(20)30-16-18-7-5-4-6-8-18/h4-10,13-14,17H,11-12,15-16H2,1-3H3. The Morgan fingerprint density at radius 2 is 1.88 bits per heavy atom. The van der Waals surface area contributed by atoms with E-state index in [4.69, 9.17) is 4.74 Å². The summed E-state index contributed by atoms with van der Waals surface area (Å²) in [5.41, 5.74) is 3.95. The molecule has 10 heteroatoms. The molecular formula is C23H27N3O4S2Si. The van der Waals surface area contributed by atoms with Gasteiger partial charge in [-0.25, -0.2) is 8.61 Å². The third-order valence-electron chi connectivity index (χ3n) is 5.36. The number of anilines is 1. The van der Waals surface area contributed by atoms with Crippen molar-refractivity contribution >= 4 is 41.2 Å². The average Bonchev–Trinajstić information content (AvgIpc) is 3.37. The highest BCUT2D eigenvalue weighted by molar-refractivity contribution is 7.91. The highest BCUT2D eigenvalue weighted by atomic mass is 32.2. The van der Waals surface area contributed by atoms with Crippen LogP contribution in [0.25, 0.3) is 10.4 Å². The van der Waals surface area contributed by atoms with Gasteiger partial charge in [0, 0.05) is 20.8 Å². The number of carbonyl (C=O) groups is 1. The molecule has 1 aromatic heterocycles. The lowest BCUT2D eigenvalue weighted by molar-refractivity contribution is -0.123. The molecule has 0 radical (unpaired) electrons. The summed E-state index contributed by atoms with van der Waals surface area (Å²) in [7, 11) is -5.50. The Bertz CT molecular complexity index is 1230. The summed E-state index contributed by atoms with van der Waals surface area (Å²) in [4.78, 5) is 17.8. The monoisotopic (exact) mass is 501 g/mol. The van der Waals surface area contributed by atoms with Crippen LogP contribution in [0.3, 0.4) is 0 Å². The van der Waals surface area contributed by atoms with Gasteiger partial charge in [-0.3, -0.25) is 9.78 Å². The molecule has 2 aromatic carbocycles. The van der Waals surface area contributed by atoms with Gasteiger partial charge in [0.1, 0.15) is 18.9 Å². The van der Waals surface area contributed by atoms with Crippen molar-refractivity contribution in [2.75, 3.05) is 17.4 Å². The van der Waals surface area contributed by atoms with Gasteiger partial charge in [-0.1, -0.05) is 56.0 Å². The first kappa shape index (κ1) is 23.5. The van der Waals surface area contributed by atoms with Crippen LogP contribution in [0.15, 0.2) is 60.2 Å². The normalized spacial score (nSPS) is 15.8. The lowest BCUT2D eigenvalue weighted by Crippen LogP contribution is -2.37. The summed E-state index contributed by atoms with van der Waals surface area (Å²) < 4.78 is 35.0. The molecule has 4 rings (SSSR count). The maximum atomic E-state index is 13.3. The van der Waals surface area contributed by atoms with Crippen molar-refractivity contribution in [1.29, 1.82) is 0 Å². The van der Waals surface area contributed by atoms with Crippen LogP contribution >= 0.6 is 11.3 Å². The maximum absolute atomic E-state index is 13.3. The van der Waals surface area contributed by atoms with E-state index < -0.39 is 24.2 Å². The van der Waals surface area contributed by atoms with Gasteiger partial charge in [-0.05, 0) is 29.3 Å². The van der Waals surface area contributed by atoms with Gasteiger partial charge in [-0.15, -0.1) is 11.3 Å². The molecule has 0 aliphatic carbocycles. The molecule has 1 aliphatic rings. The number of amides is 1. The number of thiazole rings is 1. The fourth-order valence-electron chi connectivity index (χ4n) is 3.50. The fraction of sp³-hybridized carbons (Fsp3) is 0.304. The van der Waals surface area contributed by atoms with E-state index in [0.717, 1.165) is 24.6 Å². The number of hydrogen-bond donors (Lipinski definition) is 0. The van der Waals surface area contributed by atoms with Gasteiger partial charge < -0.3 is 4.74 Å². The van der Waals surface area contributed by atoms with Crippen molar-refractivity contribution < 1.29 is 17.9 Å². The van der Waals surface area contributed by atoms with Crippen LogP contribution in [-0.2, 0) is 21.6 Å². The topological polar surface area (TPSA) is 79.8 Å². The lowest BCUT2D eigenvalue weighted by atomic mass is 10.1. The zero-order valence-electron chi connectivity index (χ0n) is 18.9. The summed E-state index contributed by atoms with van der Waals surface area (Å²) in [5.74, 6) is 0.00182. The van der Waals surface area contributed by atoms with Gasteiger partial charge in [0.15, 0.2) is 0 Å². The van der Waals surface area contributed by atoms with E-state index in [1.807, 2.05) is 42.5 Å². The predicted octanol–water partition coefficient (Wildman–Crippen LogP) is 4.62. The Labute approximate surface area is 199 Å². The third kappa shape index (κ3) is 5.28. The highest BCUT2D eigenvalue weighted by Crippen LogP contribution is 2.38. The summed E-state index contributed by atoms with van der Waals surface area (Å²) >= 11 is 1.49. The number of aromatic nitrogens is 1. The number of rotatable bonds is 8. The first-order valence-electron chi connectivity index (χ1n) is 10.7. The van der Waals surface area contributed by atoms with Gasteiger partial charge in [0.25, 0.3) is 5.91 Å². The molecule has 0 saturated carbocycles. The minimum Gasteiger partial charge on any atom is -0.487 e.